The number of nitrogens with zero attached hydrogens (tertiary/aromatic N) is 1. The summed E-state index contributed by atoms with van der Waals surface area (Å²) in [6, 6.07) is 0. The van der Waals surface area contributed by atoms with Crippen molar-refractivity contribution in [3.8, 4) is 0 Å². The van der Waals surface area contributed by atoms with E-state index >= 15 is 0 Å². The van der Waals surface area contributed by atoms with Crippen molar-refractivity contribution in [2.24, 2.45) is 5.41 Å². The average molecular weight is 286 g/mol. The third-order valence-electron chi connectivity index (χ3n) is 2.91. The molecule has 1 heterocycles. The van der Waals surface area contributed by atoms with Gasteiger partial charge in [-0.3, -0.25) is 0 Å². The maximum Gasteiger partial charge on any atom is 0.211 e. The van der Waals surface area contributed by atoms with Crippen LogP contribution in [-0.2, 0) is 20.1 Å². The molecule has 0 radical (unpaired) electrons. The smallest absolute Gasteiger partial charge is 0.211 e. The van der Waals surface area contributed by atoms with E-state index in [1.54, 1.807) is 0 Å². The van der Waals surface area contributed by atoms with E-state index in [4.69, 9.17) is 0 Å². The van der Waals surface area contributed by atoms with Crippen molar-refractivity contribution in [1.82, 2.24) is 4.31 Å². The van der Waals surface area contributed by atoms with Gasteiger partial charge in [-0.1, -0.05) is 0 Å². The Morgan fingerprint density at radius 2 is 1.94 bits per heavy atom. The summed E-state index contributed by atoms with van der Waals surface area (Å²) in [5.41, 5.74) is -1.16. The minimum atomic E-state index is -4.49. The summed E-state index contributed by atoms with van der Waals surface area (Å²) < 4.78 is 56.2. The first-order valence-corrected chi connectivity index (χ1v) is 8.50. The van der Waals surface area contributed by atoms with Crippen LogP contribution in [0.2, 0.25) is 0 Å². The van der Waals surface area contributed by atoms with Gasteiger partial charge in [-0.15, -0.1) is 0 Å². The van der Waals surface area contributed by atoms with E-state index in [0.29, 0.717) is 19.4 Å². The zero-order valence-electron chi connectivity index (χ0n) is 9.49. The van der Waals surface area contributed by atoms with Gasteiger partial charge in [0.05, 0.1) is 23.0 Å². The third kappa shape index (κ3) is 4.18. The lowest BCUT2D eigenvalue weighted by atomic mass is 9.83. The second-order valence-corrected chi connectivity index (χ2v) is 7.95. The fraction of sp³-hybridized carbons (Fsp3) is 1.00. The summed E-state index contributed by atoms with van der Waals surface area (Å²) in [5.74, 6) is -0.734. The molecule has 0 amide bonds. The fourth-order valence-corrected chi connectivity index (χ4v) is 4.16. The summed E-state index contributed by atoms with van der Waals surface area (Å²) in [6.45, 7) is -0.343. The van der Waals surface area contributed by atoms with Crippen LogP contribution in [0.3, 0.4) is 0 Å². The van der Waals surface area contributed by atoms with Gasteiger partial charge in [-0.2, -0.15) is 0 Å². The van der Waals surface area contributed by atoms with E-state index in [2.05, 4.69) is 0 Å². The predicted octanol–water partition coefficient (Wildman–Crippen LogP) is -1.43. The molecule has 0 saturated carbocycles. The lowest BCUT2D eigenvalue weighted by Gasteiger charge is -2.40. The second-order valence-electron chi connectivity index (χ2n) is 4.56. The van der Waals surface area contributed by atoms with E-state index in [1.807, 2.05) is 0 Å². The molecule has 0 spiro atoms. The minimum absolute atomic E-state index is 0.121. The molecule has 1 aliphatic rings. The van der Waals surface area contributed by atoms with Crippen molar-refractivity contribution >= 4 is 20.1 Å². The minimum Gasteiger partial charge on any atom is -0.748 e. The van der Waals surface area contributed by atoms with Crippen LogP contribution in [0.5, 0.6) is 0 Å². The van der Waals surface area contributed by atoms with Crippen LogP contribution in [0, 0.1) is 5.41 Å². The topological polar surface area (TPSA) is 115 Å². The van der Waals surface area contributed by atoms with Crippen LogP contribution in [-0.4, -0.2) is 62.5 Å². The van der Waals surface area contributed by atoms with E-state index < -0.39 is 37.9 Å². The molecule has 7 nitrogen and oxygen atoms in total. The number of aliphatic hydroxyl groups is 1. The molecule has 9 heteroatoms. The number of piperidine rings is 1. The van der Waals surface area contributed by atoms with Gasteiger partial charge < -0.3 is 9.66 Å². The molecule has 0 aromatic carbocycles. The van der Waals surface area contributed by atoms with Gasteiger partial charge in [-0.05, 0) is 12.8 Å². The maximum absolute atomic E-state index is 11.4. The van der Waals surface area contributed by atoms with Gasteiger partial charge in [0.15, 0.2) is 0 Å². The highest BCUT2D eigenvalue weighted by atomic mass is 32.2. The monoisotopic (exact) mass is 286 g/mol. The molecule has 1 unspecified atom stereocenters. The highest BCUT2D eigenvalue weighted by Gasteiger charge is 2.39. The first kappa shape index (κ1) is 14.8. The highest BCUT2D eigenvalue weighted by Crippen LogP contribution is 2.32. The molecule has 1 atom stereocenters. The zero-order chi connectivity index (χ0) is 13.3. The van der Waals surface area contributed by atoms with Gasteiger partial charge in [-0.25, -0.2) is 21.1 Å². The number of sulfonamides is 1. The van der Waals surface area contributed by atoms with Crippen LogP contribution in [0.4, 0.5) is 0 Å². The molecule has 1 aliphatic heterocycles. The first-order chi connectivity index (χ1) is 7.58. The Bertz CT molecular complexity index is 470. The van der Waals surface area contributed by atoms with Crippen molar-refractivity contribution in [2.75, 3.05) is 31.7 Å². The Labute approximate surface area is 101 Å². The van der Waals surface area contributed by atoms with Crippen LogP contribution >= 0.6 is 0 Å². The third-order valence-corrected chi connectivity index (χ3v) is 5.13. The Morgan fingerprint density at radius 3 is 2.35 bits per heavy atom. The summed E-state index contributed by atoms with van der Waals surface area (Å²) in [6.07, 6.45) is 1.78. The van der Waals surface area contributed by atoms with Crippen molar-refractivity contribution in [3.05, 3.63) is 0 Å². The number of hydrogen-bond donors (Lipinski definition) is 1. The van der Waals surface area contributed by atoms with E-state index in [1.165, 1.54) is 0 Å². The van der Waals surface area contributed by atoms with Gasteiger partial charge in [0, 0.05) is 24.3 Å². The Hall–Kier alpha value is -0.220. The standard InChI is InChI=1S/C8H17NO6S2/c1-16(11,12)9-4-2-3-8(5-9,6-10)7-17(13,14)15/h10H,2-7H2,1H3,(H,13,14,15)/p-1. The molecule has 0 bridgehead atoms. The molecule has 102 valence electrons. The van der Waals surface area contributed by atoms with Gasteiger partial charge in [0.1, 0.15) is 0 Å². The van der Waals surface area contributed by atoms with Crippen LogP contribution in [0.1, 0.15) is 12.8 Å². The fourth-order valence-electron chi connectivity index (χ4n) is 2.11. The predicted molar refractivity (Wildman–Crippen MR) is 59.7 cm³/mol. The molecule has 17 heavy (non-hydrogen) atoms. The molecule has 1 rings (SSSR count). The van der Waals surface area contributed by atoms with Gasteiger partial charge in [0.25, 0.3) is 0 Å². The Morgan fingerprint density at radius 1 is 1.35 bits per heavy atom. The Kier molecular flexibility index (Phi) is 4.20. The van der Waals surface area contributed by atoms with Crippen molar-refractivity contribution < 1.29 is 26.5 Å². The average Bonchev–Trinajstić information content (AvgIpc) is 2.14. The van der Waals surface area contributed by atoms with Crippen molar-refractivity contribution in [2.45, 2.75) is 12.8 Å². The Balaban J connectivity index is 2.94. The van der Waals surface area contributed by atoms with Gasteiger partial charge >= 0.3 is 0 Å². The van der Waals surface area contributed by atoms with E-state index in [0.717, 1.165) is 10.6 Å². The number of aliphatic hydroxyl groups excluding tert-OH is 1. The molecular weight excluding hydrogens is 270 g/mol. The molecule has 1 N–H and O–H groups in total. The van der Waals surface area contributed by atoms with Crippen molar-refractivity contribution in [3.63, 3.8) is 0 Å². The van der Waals surface area contributed by atoms with E-state index in [-0.39, 0.29) is 6.54 Å². The van der Waals surface area contributed by atoms with Crippen LogP contribution in [0.25, 0.3) is 0 Å². The van der Waals surface area contributed by atoms with Crippen LogP contribution in [0.15, 0.2) is 0 Å². The van der Waals surface area contributed by atoms with E-state index in [9.17, 15) is 26.5 Å². The van der Waals surface area contributed by atoms with Gasteiger partial charge in [0.2, 0.25) is 10.0 Å². The quantitative estimate of drug-likeness (QED) is 0.633. The molecule has 0 aromatic heterocycles. The summed E-state index contributed by atoms with van der Waals surface area (Å²) in [5, 5.41) is 9.26. The van der Waals surface area contributed by atoms with Crippen LogP contribution < -0.4 is 0 Å². The second kappa shape index (κ2) is 4.81. The molecule has 1 fully saturated rings. The summed E-state index contributed by atoms with van der Waals surface area (Å²) in [4.78, 5) is 0. The SMILES string of the molecule is CS(=O)(=O)N1CCCC(CO)(CS(=O)(=O)[O-])C1. The lowest BCUT2D eigenvalue weighted by molar-refractivity contribution is 0.0822. The number of hydrogen-bond acceptors (Lipinski definition) is 6. The first-order valence-electron chi connectivity index (χ1n) is 5.08. The molecule has 0 aliphatic carbocycles. The zero-order valence-corrected chi connectivity index (χ0v) is 11.1. The van der Waals surface area contributed by atoms with Crippen molar-refractivity contribution in [1.29, 1.82) is 0 Å². The molecular formula is C8H16NO6S2-. The lowest BCUT2D eigenvalue weighted by Crippen LogP contribution is -2.50. The maximum atomic E-state index is 11.4. The summed E-state index contributed by atoms with van der Waals surface area (Å²) >= 11 is 0. The highest BCUT2D eigenvalue weighted by molar-refractivity contribution is 7.88. The largest absolute Gasteiger partial charge is 0.748 e. The summed E-state index contributed by atoms with van der Waals surface area (Å²) in [7, 11) is -7.93. The number of rotatable bonds is 4. The molecule has 1 saturated heterocycles. The molecule has 0 aromatic rings. The normalized spacial score (nSPS) is 28.2.